The second-order valence-electron chi connectivity index (χ2n) is 4.83. The molecule has 4 nitrogen and oxygen atoms in total. The Balaban J connectivity index is 0.00000144. The molecule has 1 saturated heterocycles. The average Bonchev–Trinajstić information content (AvgIpc) is 2.31. The van der Waals surface area contributed by atoms with Gasteiger partial charge in [0.1, 0.15) is 0 Å². The average molecular weight is 263 g/mol. The number of nitrogens with one attached hydrogen (secondary N) is 2. The first-order valence-corrected chi connectivity index (χ1v) is 6.45. The van der Waals surface area contributed by atoms with E-state index in [1.54, 1.807) is 0 Å². The van der Waals surface area contributed by atoms with Crippen molar-refractivity contribution in [2.24, 2.45) is 0 Å². The van der Waals surface area contributed by atoms with Crippen LogP contribution in [0, 0.1) is 0 Å². The van der Waals surface area contributed by atoms with Crippen LogP contribution < -0.4 is 10.6 Å². The minimum Gasteiger partial charge on any atom is -0.378 e. The van der Waals surface area contributed by atoms with Gasteiger partial charge in [0, 0.05) is 25.0 Å². The summed E-state index contributed by atoms with van der Waals surface area (Å²) in [5.41, 5.74) is 0. The fraction of sp³-hybridized carbons (Fsp3) is 0.917. The highest BCUT2D eigenvalue weighted by molar-refractivity contribution is 5.85. The van der Waals surface area contributed by atoms with E-state index in [1.807, 2.05) is 0 Å². The van der Waals surface area contributed by atoms with Gasteiger partial charge in [0.05, 0.1) is 13.2 Å². The van der Waals surface area contributed by atoms with Crippen molar-refractivity contribution in [3.05, 3.63) is 0 Å². The highest BCUT2D eigenvalue weighted by Crippen LogP contribution is 2.17. The number of hydrogen-bond donors (Lipinski definition) is 2. The van der Waals surface area contributed by atoms with Crippen LogP contribution in [0.5, 0.6) is 0 Å². The summed E-state index contributed by atoms with van der Waals surface area (Å²) in [6.07, 6.45) is 6.70. The maximum atomic E-state index is 11.8. The number of carbonyl (C=O) groups excluding carboxylic acids is 1. The van der Waals surface area contributed by atoms with Crippen molar-refractivity contribution < 1.29 is 9.53 Å². The van der Waals surface area contributed by atoms with Gasteiger partial charge in [-0.25, -0.2) is 0 Å². The van der Waals surface area contributed by atoms with Crippen molar-refractivity contribution in [3.8, 4) is 0 Å². The number of hydrogen-bond acceptors (Lipinski definition) is 3. The third-order valence-electron chi connectivity index (χ3n) is 3.40. The van der Waals surface area contributed by atoms with Crippen LogP contribution in [0.3, 0.4) is 0 Å². The number of ether oxygens (including phenoxy) is 1. The second-order valence-corrected chi connectivity index (χ2v) is 4.83. The van der Waals surface area contributed by atoms with Crippen LogP contribution in [0.4, 0.5) is 0 Å². The van der Waals surface area contributed by atoms with Gasteiger partial charge in [0.15, 0.2) is 0 Å². The molecule has 2 aliphatic rings. The number of halogens is 1. The first-order valence-electron chi connectivity index (χ1n) is 6.45. The molecule has 100 valence electrons. The summed E-state index contributed by atoms with van der Waals surface area (Å²) in [5, 5.41) is 6.43. The summed E-state index contributed by atoms with van der Waals surface area (Å²) in [5.74, 6) is 0.176. The van der Waals surface area contributed by atoms with Crippen LogP contribution >= 0.6 is 12.4 Å². The van der Waals surface area contributed by atoms with E-state index >= 15 is 0 Å². The fourth-order valence-corrected chi connectivity index (χ4v) is 2.51. The minimum atomic E-state index is 0. The Morgan fingerprint density at radius 3 is 2.71 bits per heavy atom. The summed E-state index contributed by atoms with van der Waals surface area (Å²) in [7, 11) is 0. The van der Waals surface area contributed by atoms with Gasteiger partial charge in [-0.1, -0.05) is 19.3 Å². The van der Waals surface area contributed by atoms with Gasteiger partial charge < -0.3 is 15.4 Å². The summed E-state index contributed by atoms with van der Waals surface area (Å²) >= 11 is 0. The molecule has 0 bridgehead atoms. The van der Waals surface area contributed by atoms with Gasteiger partial charge in [-0.3, -0.25) is 4.79 Å². The van der Waals surface area contributed by atoms with E-state index in [0.717, 1.165) is 26.0 Å². The molecular weight excluding hydrogens is 240 g/mol. The topological polar surface area (TPSA) is 50.4 Å². The zero-order valence-corrected chi connectivity index (χ0v) is 11.1. The SMILES string of the molecule is Cl.O=C(CC1COCCN1)NC1CCCCC1. The zero-order chi connectivity index (χ0) is 11.2. The van der Waals surface area contributed by atoms with Crippen molar-refractivity contribution in [2.75, 3.05) is 19.8 Å². The molecule has 17 heavy (non-hydrogen) atoms. The Bertz CT molecular complexity index is 205. The van der Waals surface area contributed by atoms with Crippen molar-refractivity contribution in [3.63, 3.8) is 0 Å². The van der Waals surface area contributed by atoms with Crippen LogP contribution in [0.2, 0.25) is 0 Å². The Morgan fingerprint density at radius 1 is 1.29 bits per heavy atom. The normalized spacial score (nSPS) is 26.0. The summed E-state index contributed by atoms with van der Waals surface area (Å²) in [4.78, 5) is 11.8. The summed E-state index contributed by atoms with van der Waals surface area (Å²) in [6.45, 7) is 2.29. The molecule has 0 radical (unpaired) electrons. The number of amides is 1. The molecule has 1 saturated carbocycles. The van der Waals surface area contributed by atoms with Crippen LogP contribution in [0.1, 0.15) is 38.5 Å². The van der Waals surface area contributed by atoms with E-state index in [4.69, 9.17) is 4.74 Å². The molecule has 1 atom stereocenters. The van der Waals surface area contributed by atoms with E-state index < -0.39 is 0 Å². The van der Waals surface area contributed by atoms with Gasteiger partial charge in [-0.15, -0.1) is 12.4 Å². The van der Waals surface area contributed by atoms with Gasteiger partial charge in [0.2, 0.25) is 5.91 Å². The zero-order valence-electron chi connectivity index (χ0n) is 10.2. The van der Waals surface area contributed by atoms with Crippen LogP contribution in [0.15, 0.2) is 0 Å². The lowest BCUT2D eigenvalue weighted by atomic mass is 9.95. The lowest BCUT2D eigenvalue weighted by Gasteiger charge is -2.26. The van der Waals surface area contributed by atoms with E-state index in [0.29, 0.717) is 19.1 Å². The fourth-order valence-electron chi connectivity index (χ4n) is 2.51. The predicted molar refractivity (Wildman–Crippen MR) is 69.5 cm³/mol. The molecule has 1 unspecified atom stereocenters. The molecule has 1 aliphatic carbocycles. The van der Waals surface area contributed by atoms with Gasteiger partial charge in [-0.05, 0) is 12.8 Å². The van der Waals surface area contributed by atoms with Crippen molar-refractivity contribution in [1.82, 2.24) is 10.6 Å². The van der Waals surface area contributed by atoms with Crippen LogP contribution in [-0.2, 0) is 9.53 Å². The molecular formula is C12H23ClN2O2. The third kappa shape index (κ3) is 5.23. The first kappa shape index (κ1) is 14.7. The molecule has 0 aromatic heterocycles. The molecule has 0 spiro atoms. The molecule has 1 amide bonds. The summed E-state index contributed by atoms with van der Waals surface area (Å²) < 4.78 is 5.33. The highest BCUT2D eigenvalue weighted by atomic mass is 35.5. The molecule has 5 heteroatoms. The summed E-state index contributed by atoms with van der Waals surface area (Å²) in [6, 6.07) is 0.628. The predicted octanol–water partition coefficient (Wildman–Crippen LogP) is 1.24. The van der Waals surface area contributed by atoms with E-state index in [9.17, 15) is 4.79 Å². The van der Waals surface area contributed by atoms with E-state index in [1.165, 1.54) is 19.3 Å². The first-order chi connectivity index (χ1) is 7.84. The lowest BCUT2D eigenvalue weighted by molar-refractivity contribution is -0.123. The standard InChI is InChI=1S/C12H22N2O2.ClH/c15-12(8-11-9-16-7-6-13-11)14-10-4-2-1-3-5-10;/h10-11,13H,1-9H2,(H,14,15);1H. The maximum absolute atomic E-state index is 11.8. The Morgan fingerprint density at radius 2 is 2.06 bits per heavy atom. The van der Waals surface area contributed by atoms with Crippen molar-refractivity contribution >= 4 is 18.3 Å². The molecule has 2 N–H and O–H groups in total. The quantitative estimate of drug-likeness (QED) is 0.805. The van der Waals surface area contributed by atoms with Crippen molar-refractivity contribution in [1.29, 1.82) is 0 Å². The smallest absolute Gasteiger partial charge is 0.221 e. The number of rotatable bonds is 3. The van der Waals surface area contributed by atoms with Gasteiger partial charge >= 0.3 is 0 Å². The second kappa shape index (κ2) is 7.90. The Hall–Kier alpha value is -0.320. The monoisotopic (exact) mass is 262 g/mol. The number of carbonyl (C=O) groups is 1. The maximum Gasteiger partial charge on any atom is 0.221 e. The van der Waals surface area contributed by atoms with E-state index in [-0.39, 0.29) is 24.4 Å². The van der Waals surface area contributed by atoms with Gasteiger partial charge in [-0.2, -0.15) is 0 Å². The largest absolute Gasteiger partial charge is 0.378 e. The molecule has 2 rings (SSSR count). The van der Waals surface area contributed by atoms with Crippen molar-refractivity contribution in [2.45, 2.75) is 50.6 Å². The van der Waals surface area contributed by atoms with Crippen LogP contribution in [-0.4, -0.2) is 37.7 Å². The Labute approximate surface area is 109 Å². The van der Waals surface area contributed by atoms with Gasteiger partial charge in [0.25, 0.3) is 0 Å². The van der Waals surface area contributed by atoms with Crippen LogP contribution in [0.25, 0.3) is 0 Å². The molecule has 2 fully saturated rings. The third-order valence-corrected chi connectivity index (χ3v) is 3.40. The molecule has 1 aliphatic heterocycles. The Kier molecular flexibility index (Phi) is 6.85. The molecule has 0 aromatic carbocycles. The molecule has 1 heterocycles. The minimum absolute atomic E-state index is 0. The highest BCUT2D eigenvalue weighted by Gasteiger charge is 2.20. The molecule has 0 aromatic rings. The van der Waals surface area contributed by atoms with E-state index in [2.05, 4.69) is 10.6 Å². The number of morpholine rings is 1. The lowest BCUT2D eigenvalue weighted by Crippen LogP contribution is -2.46.